The Labute approximate surface area is 98.2 Å². The molecule has 0 aliphatic rings. The molecule has 0 saturated heterocycles. The second-order valence-electron chi connectivity index (χ2n) is 3.42. The lowest BCUT2D eigenvalue weighted by atomic mass is 10.2. The highest BCUT2D eigenvalue weighted by Gasteiger charge is 2.13. The molecule has 0 saturated carbocycles. The summed E-state index contributed by atoms with van der Waals surface area (Å²) in [7, 11) is 2.81. The Morgan fingerprint density at radius 1 is 1.53 bits per heavy atom. The molecule has 17 heavy (non-hydrogen) atoms. The van der Waals surface area contributed by atoms with Crippen molar-refractivity contribution < 1.29 is 18.7 Å². The van der Waals surface area contributed by atoms with Gasteiger partial charge in [0.25, 0.3) is 5.91 Å². The summed E-state index contributed by atoms with van der Waals surface area (Å²) in [6.07, 6.45) is 1.32. The van der Waals surface area contributed by atoms with Gasteiger partial charge >= 0.3 is 5.97 Å². The van der Waals surface area contributed by atoms with Gasteiger partial charge in [-0.15, -0.1) is 0 Å². The zero-order valence-electron chi connectivity index (χ0n) is 9.64. The first-order valence-electron chi connectivity index (χ1n) is 4.98. The standard InChI is InChI=1S/C11H13FN2O3/c1-14(6-4-10(15)17-2)11(16)8-3-5-13-9(12)7-8/h3,5,7H,4,6H2,1-2H3. The Bertz CT molecular complexity index is 423. The van der Waals surface area contributed by atoms with E-state index < -0.39 is 11.9 Å². The average Bonchev–Trinajstić information content (AvgIpc) is 2.34. The van der Waals surface area contributed by atoms with Gasteiger partial charge in [-0.2, -0.15) is 4.39 Å². The number of aromatic nitrogens is 1. The summed E-state index contributed by atoms with van der Waals surface area (Å²) in [6, 6.07) is 2.47. The quantitative estimate of drug-likeness (QED) is 0.578. The number of halogens is 1. The Morgan fingerprint density at radius 3 is 2.82 bits per heavy atom. The molecule has 1 aromatic rings. The minimum atomic E-state index is -0.711. The van der Waals surface area contributed by atoms with E-state index in [1.165, 1.54) is 31.3 Å². The molecule has 0 aliphatic heterocycles. The molecule has 0 fully saturated rings. The van der Waals surface area contributed by atoms with E-state index in [1.54, 1.807) is 0 Å². The molecule has 5 nitrogen and oxygen atoms in total. The molecular weight excluding hydrogens is 227 g/mol. The van der Waals surface area contributed by atoms with Crippen LogP contribution in [0.25, 0.3) is 0 Å². The molecule has 0 N–H and O–H groups in total. The maximum absolute atomic E-state index is 12.8. The summed E-state index contributed by atoms with van der Waals surface area (Å²) < 4.78 is 17.3. The van der Waals surface area contributed by atoms with Crippen LogP contribution in [0.2, 0.25) is 0 Å². The van der Waals surface area contributed by atoms with Gasteiger partial charge in [-0.25, -0.2) is 4.98 Å². The number of amides is 1. The van der Waals surface area contributed by atoms with Crippen LogP contribution in [0.3, 0.4) is 0 Å². The van der Waals surface area contributed by atoms with Crippen molar-refractivity contribution in [3.05, 3.63) is 29.8 Å². The van der Waals surface area contributed by atoms with Crippen LogP contribution >= 0.6 is 0 Å². The Morgan fingerprint density at radius 2 is 2.24 bits per heavy atom. The maximum atomic E-state index is 12.8. The molecule has 0 spiro atoms. The lowest BCUT2D eigenvalue weighted by Crippen LogP contribution is -2.29. The van der Waals surface area contributed by atoms with E-state index in [1.807, 2.05) is 0 Å². The van der Waals surface area contributed by atoms with Gasteiger partial charge in [0.1, 0.15) is 0 Å². The number of hydrogen-bond acceptors (Lipinski definition) is 4. The largest absolute Gasteiger partial charge is 0.469 e. The van der Waals surface area contributed by atoms with Crippen LogP contribution in [0.4, 0.5) is 4.39 Å². The monoisotopic (exact) mass is 240 g/mol. The summed E-state index contributed by atoms with van der Waals surface area (Å²) in [5.41, 5.74) is 0.199. The minimum absolute atomic E-state index is 0.103. The summed E-state index contributed by atoms with van der Waals surface area (Å²) in [6.45, 7) is 0.218. The van der Waals surface area contributed by atoms with Crippen LogP contribution in [0.1, 0.15) is 16.8 Å². The number of methoxy groups -OCH3 is 1. The molecule has 0 atom stereocenters. The Balaban J connectivity index is 2.61. The van der Waals surface area contributed by atoms with Crippen LogP contribution in [0, 0.1) is 5.95 Å². The number of esters is 1. The van der Waals surface area contributed by atoms with E-state index >= 15 is 0 Å². The van der Waals surface area contributed by atoms with Crippen molar-refractivity contribution in [2.45, 2.75) is 6.42 Å². The van der Waals surface area contributed by atoms with E-state index in [0.29, 0.717) is 0 Å². The van der Waals surface area contributed by atoms with E-state index in [2.05, 4.69) is 9.72 Å². The number of hydrogen-bond donors (Lipinski definition) is 0. The first-order valence-corrected chi connectivity index (χ1v) is 4.98. The molecule has 1 amide bonds. The van der Waals surface area contributed by atoms with Gasteiger partial charge in [0.05, 0.1) is 13.5 Å². The number of ether oxygens (including phenoxy) is 1. The molecular formula is C11H13FN2O3. The molecule has 1 heterocycles. The van der Waals surface area contributed by atoms with Crippen molar-refractivity contribution in [3.8, 4) is 0 Å². The van der Waals surface area contributed by atoms with Gasteiger partial charge in [-0.1, -0.05) is 0 Å². The smallest absolute Gasteiger partial charge is 0.307 e. The predicted molar refractivity (Wildman–Crippen MR) is 57.8 cm³/mol. The molecule has 0 radical (unpaired) electrons. The van der Waals surface area contributed by atoms with Gasteiger partial charge in [-0.3, -0.25) is 9.59 Å². The third-order valence-corrected chi connectivity index (χ3v) is 2.20. The zero-order chi connectivity index (χ0) is 12.8. The van der Waals surface area contributed by atoms with E-state index in [0.717, 1.165) is 6.07 Å². The lowest BCUT2D eigenvalue weighted by molar-refractivity contribution is -0.140. The van der Waals surface area contributed by atoms with Crippen molar-refractivity contribution in [1.82, 2.24) is 9.88 Å². The minimum Gasteiger partial charge on any atom is -0.469 e. The van der Waals surface area contributed by atoms with E-state index in [4.69, 9.17) is 0 Å². The van der Waals surface area contributed by atoms with Crippen molar-refractivity contribution in [2.75, 3.05) is 20.7 Å². The van der Waals surface area contributed by atoms with Gasteiger partial charge in [-0.05, 0) is 6.07 Å². The fourth-order valence-corrected chi connectivity index (χ4v) is 1.22. The van der Waals surface area contributed by atoms with Crippen LogP contribution in [-0.4, -0.2) is 42.5 Å². The van der Waals surface area contributed by atoms with Gasteiger partial charge in [0.2, 0.25) is 5.95 Å². The summed E-state index contributed by atoms with van der Waals surface area (Å²) in [5.74, 6) is -1.47. The van der Waals surface area contributed by atoms with E-state index in [9.17, 15) is 14.0 Å². The fourth-order valence-electron chi connectivity index (χ4n) is 1.22. The van der Waals surface area contributed by atoms with Crippen molar-refractivity contribution in [1.29, 1.82) is 0 Å². The molecule has 92 valence electrons. The number of nitrogens with zero attached hydrogens (tertiary/aromatic N) is 2. The first-order chi connectivity index (χ1) is 8.04. The molecule has 0 aromatic carbocycles. The van der Waals surface area contributed by atoms with Crippen LogP contribution in [0.5, 0.6) is 0 Å². The Hall–Kier alpha value is -1.98. The topological polar surface area (TPSA) is 59.5 Å². The van der Waals surface area contributed by atoms with Gasteiger partial charge < -0.3 is 9.64 Å². The van der Waals surface area contributed by atoms with Crippen LogP contribution in [0.15, 0.2) is 18.3 Å². The number of rotatable bonds is 4. The third-order valence-electron chi connectivity index (χ3n) is 2.20. The molecule has 1 rings (SSSR count). The second-order valence-corrected chi connectivity index (χ2v) is 3.42. The van der Waals surface area contributed by atoms with Crippen molar-refractivity contribution in [3.63, 3.8) is 0 Å². The number of carbonyl (C=O) groups excluding carboxylic acids is 2. The fraction of sp³-hybridized carbons (Fsp3) is 0.364. The normalized spacial score (nSPS) is 9.82. The average molecular weight is 240 g/mol. The summed E-state index contributed by atoms with van der Waals surface area (Å²) >= 11 is 0. The molecule has 6 heteroatoms. The first kappa shape index (κ1) is 13.1. The third kappa shape index (κ3) is 3.82. The van der Waals surface area contributed by atoms with E-state index in [-0.39, 0.29) is 24.4 Å². The van der Waals surface area contributed by atoms with Crippen molar-refractivity contribution >= 4 is 11.9 Å². The molecule has 0 aliphatic carbocycles. The predicted octanol–water partition coefficient (Wildman–Crippen LogP) is 0.856. The highest BCUT2D eigenvalue weighted by atomic mass is 19.1. The SMILES string of the molecule is COC(=O)CCN(C)C(=O)c1ccnc(F)c1. The molecule has 1 aromatic heterocycles. The molecule has 0 unspecified atom stereocenters. The number of carbonyl (C=O) groups is 2. The maximum Gasteiger partial charge on any atom is 0.307 e. The van der Waals surface area contributed by atoms with Crippen molar-refractivity contribution in [2.24, 2.45) is 0 Å². The summed E-state index contributed by atoms with van der Waals surface area (Å²) in [4.78, 5) is 27.4. The second kappa shape index (κ2) is 5.93. The van der Waals surface area contributed by atoms with Crippen LogP contribution in [-0.2, 0) is 9.53 Å². The summed E-state index contributed by atoms with van der Waals surface area (Å²) in [5, 5.41) is 0. The highest BCUT2D eigenvalue weighted by molar-refractivity contribution is 5.94. The Kier molecular flexibility index (Phi) is 4.56. The van der Waals surface area contributed by atoms with Gasteiger partial charge in [0, 0.05) is 31.4 Å². The number of pyridine rings is 1. The molecule has 0 bridgehead atoms. The van der Waals surface area contributed by atoms with Gasteiger partial charge in [0.15, 0.2) is 0 Å². The zero-order valence-corrected chi connectivity index (χ0v) is 9.64. The van der Waals surface area contributed by atoms with Crippen LogP contribution < -0.4 is 0 Å². The lowest BCUT2D eigenvalue weighted by Gasteiger charge is -2.16. The highest BCUT2D eigenvalue weighted by Crippen LogP contribution is 2.04.